The number of rotatable bonds is 5. The van der Waals surface area contributed by atoms with Crippen LogP contribution in [0.4, 0.5) is 0 Å². The second-order valence-corrected chi connectivity index (χ2v) is 7.12. The van der Waals surface area contributed by atoms with E-state index in [0.717, 1.165) is 11.1 Å². The molecule has 6 heteroatoms. The monoisotopic (exact) mass is 404 g/mol. The van der Waals surface area contributed by atoms with Crippen molar-refractivity contribution in [3.8, 4) is 0 Å². The Bertz CT molecular complexity index is 1110. The normalized spacial score (nSPS) is 12.8. The zero-order valence-electron chi connectivity index (χ0n) is 15.4. The van der Waals surface area contributed by atoms with Crippen LogP contribution in [0.3, 0.4) is 0 Å². The molecule has 1 heterocycles. The number of amides is 3. The molecule has 1 N–H and O–H groups in total. The van der Waals surface area contributed by atoms with Crippen LogP contribution < -0.4 is 5.32 Å². The van der Waals surface area contributed by atoms with Gasteiger partial charge in [0, 0.05) is 17.1 Å². The van der Waals surface area contributed by atoms with Gasteiger partial charge in [-0.2, -0.15) is 0 Å². The summed E-state index contributed by atoms with van der Waals surface area (Å²) in [5.41, 5.74) is 2.53. The van der Waals surface area contributed by atoms with E-state index in [9.17, 15) is 14.4 Å². The summed E-state index contributed by atoms with van der Waals surface area (Å²) < 4.78 is 0. The average molecular weight is 405 g/mol. The maximum Gasteiger partial charge on any atom is 0.261 e. The highest BCUT2D eigenvalue weighted by Gasteiger charge is 2.35. The fraction of sp³-hybridized carbons (Fsp3) is 0.0870. The van der Waals surface area contributed by atoms with Crippen LogP contribution >= 0.6 is 11.6 Å². The number of imide groups is 1. The number of carbonyl (C=O) groups excluding carboxylic acids is 3. The van der Waals surface area contributed by atoms with Crippen molar-refractivity contribution in [1.29, 1.82) is 0 Å². The summed E-state index contributed by atoms with van der Waals surface area (Å²) in [5.74, 6) is -1.08. The first-order valence-electron chi connectivity index (χ1n) is 9.10. The van der Waals surface area contributed by atoms with E-state index in [1.165, 1.54) is 17.0 Å². The van der Waals surface area contributed by atoms with Crippen LogP contribution in [0.5, 0.6) is 0 Å². The summed E-state index contributed by atoms with van der Waals surface area (Å²) >= 11 is 6.11. The highest BCUT2D eigenvalue weighted by molar-refractivity contribution is 6.31. The molecule has 3 amide bonds. The van der Waals surface area contributed by atoms with E-state index in [1.54, 1.807) is 12.1 Å². The van der Waals surface area contributed by atoms with Gasteiger partial charge in [0.2, 0.25) is 0 Å². The third-order valence-electron chi connectivity index (χ3n) is 4.81. The molecule has 0 saturated heterocycles. The summed E-state index contributed by atoms with van der Waals surface area (Å²) in [6, 6.07) is 21.1. The molecule has 3 aromatic rings. The lowest BCUT2D eigenvalue weighted by atomic mass is 10.1. The number of carbonyl (C=O) groups is 3. The van der Waals surface area contributed by atoms with Gasteiger partial charge in [-0.25, -0.2) is 0 Å². The topological polar surface area (TPSA) is 66.5 Å². The average Bonchev–Trinajstić information content (AvgIpc) is 2.98. The van der Waals surface area contributed by atoms with Crippen molar-refractivity contribution < 1.29 is 14.4 Å². The minimum Gasteiger partial charge on any atom is -0.348 e. The number of hydrogen-bond donors (Lipinski definition) is 1. The van der Waals surface area contributed by atoms with Crippen molar-refractivity contribution in [3.05, 3.63) is 106 Å². The van der Waals surface area contributed by atoms with Crippen molar-refractivity contribution in [2.45, 2.75) is 13.1 Å². The fourth-order valence-electron chi connectivity index (χ4n) is 3.26. The van der Waals surface area contributed by atoms with Crippen molar-refractivity contribution in [3.63, 3.8) is 0 Å². The summed E-state index contributed by atoms with van der Waals surface area (Å²) in [4.78, 5) is 39.1. The Kier molecular flexibility index (Phi) is 5.14. The van der Waals surface area contributed by atoms with E-state index in [1.807, 2.05) is 48.5 Å². The molecule has 0 unspecified atom stereocenters. The lowest BCUT2D eigenvalue weighted by Crippen LogP contribution is -2.29. The molecule has 0 radical (unpaired) electrons. The molecule has 0 atom stereocenters. The molecule has 0 aromatic heterocycles. The molecule has 0 fully saturated rings. The Hall–Kier alpha value is -3.44. The Balaban J connectivity index is 1.51. The van der Waals surface area contributed by atoms with Gasteiger partial charge in [0.05, 0.1) is 17.7 Å². The molecular formula is C23H17ClN2O3. The molecular weight excluding hydrogens is 388 g/mol. The molecule has 0 spiro atoms. The molecule has 4 rings (SSSR count). The summed E-state index contributed by atoms with van der Waals surface area (Å²) in [7, 11) is 0. The highest BCUT2D eigenvalue weighted by atomic mass is 35.5. The van der Waals surface area contributed by atoms with Gasteiger partial charge in [0.15, 0.2) is 0 Å². The Morgan fingerprint density at radius 2 is 1.55 bits per heavy atom. The van der Waals surface area contributed by atoms with Crippen molar-refractivity contribution in [1.82, 2.24) is 10.2 Å². The van der Waals surface area contributed by atoms with Crippen molar-refractivity contribution >= 4 is 29.3 Å². The Morgan fingerprint density at radius 3 is 2.31 bits per heavy atom. The number of nitrogens with zero attached hydrogens (tertiary/aromatic N) is 1. The smallest absolute Gasteiger partial charge is 0.261 e. The molecule has 0 saturated carbocycles. The van der Waals surface area contributed by atoms with Crippen LogP contribution in [-0.4, -0.2) is 22.6 Å². The highest BCUT2D eigenvalue weighted by Crippen LogP contribution is 2.26. The van der Waals surface area contributed by atoms with Gasteiger partial charge in [-0.1, -0.05) is 60.1 Å². The standard InChI is InChI=1S/C23H17ClN2O3/c24-20-9-5-4-8-17(20)13-25-21(27)16-10-11-18-19(12-16)23(29)26(22(18)28)14-15-6-2-1-3-7-15/h1-12H,13-14H2,(H,25,27). The van der Waals surface area contributed by atoms with Gasteiger partial charge in [0.1, 0.15) is 0 Å². The van der Waals surface area contributed by atoms with Gasteiger partial charge >= 0.3 is 0 Å². The van der Waals surface area contributed by atoms with Gasteiger partial charge < -0.3 is 5.32 Å². The molecule has 1 aliphatic rings. The lowest BCUT2D eigenvalue weighted by molar-refractivity contribution is 0.0642. The van der Waals surface area contributed by atoms with Crippen LogP contribution in [0.25, 0.3) is 0 Å². The maximum absolute atomic E-state index is 12.8. The molecule has 1 aliphatic heterocycles. The quantitative estimate of drug-likeness (QED) is 0.652. The van der Waals surface area contributed by atoms with Crippen LogP contribution in [0.15, 0.2) is 72.8 Å². The first-order chi connectivity index (χ1) is 14.0. The Labute approximate surface area is 172 Å². The molecule has 0 bridgehead atoms. The molecule has 5 nitrogen and oxygen atoms in total. The first kappa shape index (κ1) is 18.9. The van der Waals surface area contributed by atoms with E-state index in [-0.39, 0.29) is 30.5 Å². The fourth-order valence-corrected chi connectivity index (χ4v) is 3.46. The zero-order chi connectivity index (χ0) is 20.4. The minimum absolute atomic E-state index is 0.196. The molecule has 29 heavy (non-hydrogen) atoms. The third-order valence-corrected chi connectivity index (χ3v) is 5.18. The van der Waals surface area contributed by atoms with Gasteiger partial charge in [0.25, 0.3) is 17.7 Å². The molecule has 0 aliphatic carbocycles. The lowest BCUT2D eigenvalue weighted by Gasteiger charge is -2.13. The zero-order valence-corrected chi connectivity index (χ0v) is 16.1. The van der Waals surface area contributed by atoms with Gasteiger partial charge in [-0.3, -0.25) is 19.3 Å². The number of fused-ring (bicyclic) bond motifs is 1. The summed E-state index contributed by atoms with van der Waals surface area (Å²) in [6.45, 7) is 0.462. The van der Waals surface area contributed by atoms with Crippen molar-refractivity contribution in [2.75, 3.05) is 0 Å². The van der Waals surface area contributed by atoms with Crippen LogP contribution in [0, 0.1) is 0 Å². The maximum atomic E-state index is 12.8. The van der Waals surface area contributed by atoms with Gasteiger partial charge in [-0.15, -0.1) is 0 Å². The van der Waals surface area contributed by atoms with E-state index in [2.05, 4.69) is 5.32 Å². The van der Waals surface area contributed by atoms with Gasteiger partial charge in [-0.05, 0) is 35.4 Å². The van der Waals surface area contributed by atoms with Crippen LogP contribution in [0.1, 0.15) is 42.2 Å². The van der Waals surface area contributed by atoms with E-state index < -0.39 is 5.91 Å². The largest absolute Gasteiger partial charge is 0.348 e. The first-order valence-corrected chi connectivity index (χ1v) is 9.48. The van der Waals surface area contributed by atoms with E-state index in [4.69, 9.17) is 11.6 Å². The van der Waals surface area contributed by atoms with E-state index in [0.29, 0.717) is 16.1 Å². The minimum atomic E-state index is -0.394. The van der Waals surface area contributed by atoms with Crippen LogP contribution in [-0.2, 0) is 13.1 Å². The van der Waals surface area contributed by atoms with Crippen LogP contribution in [0.2, 0.25) is 5.02 Å². The van der Waals surface area contributed by atoms with Crippen molar-refractivity contribution in [2.24, 2.45) is 0 Å². The van der Waals surface area contributed by atoms with E-state index >= 15 is 0 Å². The SMILES string of the molecule is O=C(NCc1ccccc1Cl)c1ccc2c(c1)C(=O)N(Cc1ccccc1)C2=O. The third kappa shape index (κ3) is 3.77. The number of benzene rings is 3. The molecule has 144 valence electrons. The number of hydrogen-bond acceptors (Lipinski definition) is 3. The molecule has 3 aromatic carbocycles. The predicted octanol–water partition coefficient (Wildman–Crippen LogP) is 4.07. The number of nitrogens with one attached hydrogen (secondary N) is 1. The predicted molar refractivity (Wildman–Crippen MR) is 110 cm³/mol. The second-order valence-electron chi connectivity index (χ2n) is 6.72. The summed E-state index contributed by atoms with van der Waals surface area (Å²) in [6.07, 6.45) is 0. The Morgan fingerprint density at radius 1 is 0.862 bits per heavy atom. The number of halogens is 1. The summed E-state index contributed by atoms with van der Waals surface area (Å²) in [5, 5.41) is 3.36. The second kappa shape index (κ2) is 7.89.